The Labute approximate surface area is 216 Å². The van der Waals surface area contributed by atoms with Gasteiger partial charge in [-0.05, 0) is 59.7 Å². The van der Waals surface area contributed by atoms with Crippen LogP contribution in [0.15, 0.2) is 52.4 Å². The van der Waals surface area contributed by atoms with Gasteiger partial charge < -0.3 is 13.9 Å². The second-order valence-corrected chi connectivity index (χ2v) is 12.5. The Morgan fingerprint density at radius 3 is 2.11 bits per heavy atom. The van der Waals surface area contributed by atoms with Gasteiger partial charge in [0.05, 0.1) is 28.0 Å². The molecule has 0 atom stereocenters. The molecule has 0 N–H and O–H groups in total. The smallest absolute Gasteiger partial charge is 0.399 e. The third kappa shape index (κ3) is 3.79. The highest BCUT2D eigenvalue weighted by Gasteiger charge is 2.52. The lowest BCUT2D eigenvalue weighted by Gasteiger charge is -2.32. The van der Waals surface area contributed by atoms with Crippen molar-refractivity contribution in [3.05, 3.63) is 64.3 Å². The summed E-state index contributed by atoms with van der Waals surface area (Å²) in [7, 11) is -1.57. The lowest BCUT2D eigenvalue weighted by Crippen LogP contribution is -2.41. The van der Waals surface area contributed by atoms with Crippen LogP contribution in [0.25, 0.3) is 22.2 Å². The number of nitrogens with zero attached hydrogens (tertiary/aromatic N) is 4. The molecule has 0 bridgehead atoms. The summed E-state index contributed by atoms with van der Waals surface area (Å²) >= 11 is 0. The predicted molar refractivity (Wildman–Crippen MR) is 144 cm³/mol. The molecule has 5 rings (SSSR count). The van der Waals surface area contributed by atoms with E-state index in [4.69, 9.17) is 9.31 Å². The quantitative estimate of drug-likeness (QED) is 0.383. The number of pyridine rings is 1. The van der Waals surface area contributed by atoms with Gasteiger partial charge in [-0.15, -0.1) is 0 Å². The lowest BCUT2D eigenvalue weighted by molar-refractivity contribution is 0.00578. The Kier molecular flexibility index (Phi) is 5.64. The van der Waals surface area contributed by atoms with Crippen LogP contribution in [0.4, 0.5) is 0 Å². The van der Waals surface area contributed by atoms with E-state index >= 15 is 0 Å². The van der Waals surface area contributed by atoms with E-state index in [1.165, 1.54) is 4.57 Å². The fourth-order valence-electron chi connectivity index (χ4n) is 4.58. The Morgan fingerprint density at radius 1 is 0.973 bits per heavy atom. The van der Waals surface area contributed by atoms with Crippen molar-refractivity contribution in [2.45, 2.75) is 57.6 Å². The zero-order valence-electron chi connectivity index (χ0n) is 22.4. The zero-order valence-corrected chi connectivity index (χ0v) is 23.2. The standard InChI is InChI=1S/C26H31BN4O5S/c1-16-9-11-18(12-10-16)37(33,34)31-22(20-14-28-30(8)17(20)2)13-19-21(15-29(7)24(32)23(19)31)27-35-25(3,4)26(5,6)36-27/h9-15H,1-8H3. The largest absolute Gasteiger partial charge is 0.497 e. The summed E-state index contributed by atoms with van der Waals surface area (Å²) in [5.74, 6) is 0. The third-order valence-electron chi connectivity index (χ3n) is 7.70. The Morgan fingerprint density at radius 2 is 1.57 bits per heavy atom. The van der Waals surface area contributed by atoms with E-state index in [9.17, 15) is 13.2 Å². The highest BCUT2D eigenvalue weighted by Crippen LogP contribution is 2.38. The van der Waals surface area contributed by atoms with Crippen molar-refractivity contribution in [3.8, 4) is 11.3 Å². The van der Waals surface area contributed by atoms with Crippen LogP contribution in [0.1, 0.15) is 39.0 Å². The van der Waals surface area contributed by atoms with Crippen LogP contribution in [0.5, 0.6) is 0 Å². The normalized spacial score (nSPS) is 17.1. The first-order valence-corrected chi connectivity index (χ1v) is 13.5. The van der Waals surface area contributed by atoms with Crippen LogP contribution in [0.3, 0.4) is 0 Å². The number of benzene rings is 1. The van der Waals surface area contributed by atoms with Crippen molar-refractivity contribution < 1.29 is 17.7 Å². The van der Waals surface area contributed by atoms with Gasteiger partial charge in [-0.2, -0.15) is 5.10 Å². The van der Waals surface area contributed by atoms with Crippen molar-refractivity contribution in [1.29, 1.82) is 0 Å². The topological polar surface area (TPSA) is 97.3 Å². The van der Waals surface area contributed by atoms with Gasteiger partial charge in [0.15, 0.2) is 0 Å². The molecule has 0 spiro atoms. The minimum atomic E-state index is -4.17. The average molecular weight is 522 g/mol. The van der Waals surface area contributed by atoms with E-state index in [1.54, 1.807) is 61.5 Å². The lowest BCUT2D eigenvalue weighted by atomic mass is 9.78. The van der Waals surface area contributed by atoms with Gasteiger partial charge in [0.1, 0.15) is 5.52 Å². The molecule has 1 aliphatic heterocycles. The van der Waals surface area contributed by atoms with Crippen LogP contribution >= 0.6 is 0 Å². The van der Waals surface area contributed by atoms with Crippen LogP contribution in [0, 0.1) is 13.8 Å². The molecule has 1 fully saturated rings. The van der Waals surface area contributed by atoms with E-state index < -0.39 is 33.9 Å². The average Bonchev–Trinajstić information content (AvgIpc) is 3.43. The summed E-state index contributed by atoms with van der Waals surface area (Å²) < 4.78 is 45.1. The van der Waals surface area contributed by atoms with E-state index in [-0.39, 0.29) is 10.4 Å². The summed E-state index contributed by atoms with van der Waals surface area (Å²) in [6.45, 7) is 11.5. The first-order chi connectivity index (χ1) is 17.2. The van der Waals surface area contributed by atoms with Crippen molar-refractivity contribution in [2.24, 2.45) is 14.1 Å². The van der Waals surface area contributed by atoms with E-state index in [2.05, 4.69) is 5.10 Å². The number of aryl methyl sites for hydroxylation is 3. The number of fused-ring (bicyclic) bond motifs is 1. The van der Waals surface area contributed by atoms with Crippen LogP contribution in [0.2, 0.25) is 0 Å². The van der Waals surface area contributed by atoms with Crippen molar-refractivity contribution in [2.75, 3.05) is 0 Å². The van der Waals surface area contributed by atoms with Crippen LogP contribution in [-0.2, 0) is 33.4 Å². The molecule has 11 heteroatoms. The van der Waals surface area contributed by atoms with Crippen LogP contribution < -0.4 is 11.0 Å². The molecule has 0 amide bonds. The molecule has 0 unspecified atom stereocenters. The molecule has 3 aromatic heterocycles. The number of hydrogen-bond donors (Lipinski definition) is 0. The first kappa shape index (κ1) is 25.5. The minimum Gasteiger partial charge on any atom is -0.399 e. The summed E-state index contributed by atoms with van der Waals surface area (Å²) in [6.07, 6.45) is 3.28. The molecule has 37 heavy (non-hydrogen) atoms. The van der Waals surface area contributed by atoms with Gasteiger partial charge in [0.25, 0.3) is 15.6 Å². The van der Waals surface area contributed by atoms with Gasteiger partial charge in [-0.1, -0.05) is 17.7 Å². The summed E-state index contributed by atoms with van der Waals surface area (Å²) in [5, 5.41) is 4.78. The zero-order chi connectivity index (χ0) is 27.1. The highest BCUT2D eigenvalue weighted by molar-refractivity contribution is 7.90. The Hall–Kier alpha value is -3.15. The SMILES string of the molecule is Cc1ccc(S(=O)(=O)n2c(-c3cnn(C)c3C)cc3c(B4OC(C)(C)C(C)(C)O4)cn(C)c(=O)c32)cc1. The molecule has 0 saturated carbocycles. The maximum absolute atomic E-state index is 14.2. The van der Waals surface area contributed by atoms with Crippen molar-refractivity contribution in [3.63, 3.8) is 0 Å². The van der Waals surface area contributed by atoms with Gasteiger partial charge in [-0.3, -0.25) is 9.48 Å². The van der Waals surface area contributed by atoms with Gasteiger partial charge in [-0.25, -0.2) is 12.4 Å². The van der Waals surface area contributed by atoms with E-state index in [0.717, 1.165) is 15.2 Å². The maximum Gasteiger partial charge on any atom is 0.497 e. The summed E-state index contributed by atoms with van der Waals surface area (Å²) in [6, 6.07) is 8.31. The number of rotatable bonds is 4. The van der Waals surface area contributed by atoms with Gasteiger partial charge in [0.2, 0.25) is 0 Å². The Balaban J connectivity index is 1.88. The predicted octanol–water partition coefficient (Wildman–Crippen LogP) is 2.89. The molecule has 0 aliphatic carbocycles. The molecular formula is C26H31BN4O5S. The van der Waals surface area contributed by atoms with Crippen molar-refractivity contribution in [1.82, 2.24) is 18.3 Å². The summed E-state index contributed by atoms with van der Waals surface area (Å²) in [4.78, 5) is 13.7. The fourth-order valence-corrected chi connectivity index (χ4v) is 6.10. The van der Waals surface area contributed by atoms with E-state index in [0.29, 0.717) is 22.1 Å². The molecular weight excluding hydrogens is 491 g/mol. The molecule has 1 aliphatic rings. The Bertz CT molecular complexity index is 1700. The number of aromatic nitrogens is 4. The van der Waals surface area contributed by atoms with E-state index in [1.807, 2.05) is 41.5 Å². The molecule has 194 valence electrons. The number of hydrogen-bond acceptors (Lipinski definition) is 6. The fraction of sp³-hybridized carbons (Fsp3) is 0.385. The minimum absolute atomic E-state index is 0.0357. The molecule has 1 saturated heterocycles. The van der Waals surface area contributed by atoms with Crippen LogP contribution in [-0.4, -0.2) is 45.1 Å². The molecule has 4 heterocycles. The second-order valence-electron chi connectivity index (χ2n) is 10.7. The van der Waals surface area contributed by atoms with Gasteiger partial charge in [0, 0.05) is 42.4 Å². The monoisotopic (exact) mass is 522 g/mol. The first-order valence-electron chi connectivity index (χ1n) is 12.1. The molecule has 1 aromatic carbocycles. The van der Waals surface area contributed by atoms with Gasteiger partial charge >= 0.3 is 7.12 Å². The third-order valence-corrected chi connectivity index (χ3v) is 9.43. The molecule has 0 radical (unpaired) electrons. The second kappa shape index (κ2) is 8.18. The molecule has 4 aromatic rings. The summed E-state index contributed by atoms with van der Waals surface area (Å²) in [5.41, 5.74) is 1.59. The van der Waals surface area contributed by atoms with Crippen molar-refractivity contribution >= 4 is 33.5 Å². The molecule has 9 nitrogen and oxygen atoms in total. The highest BCUT2D eigenvalue weighted by atomic mass is 32.2. The maximum atomic E-state index is 14.2.